The molecular formula is C17H23ClINO. The van der Waals surface area contributed by atoms with Gasteiger partial charge in [0.25, 0.3) is 5.91 Å². The van der Waals surface area contributed by atoms with Crippen molar-refractivity contribution in [2.45, 2.75) is 52.0 Å². The van der Waals surface area contributed by atoms with Crippen LogP contribution in [0.5, 0.6) is 0 Å². The van der Waals surface area contributed by atoms with Crippen molar-refractivity contribution < 1.29 is 4.79 Å². The number of amides is 1. The van der Waals surface area contributed by atoms with E-state index in [0.29, 0.717) is 17.0 Å². The Labute approximate surface area is 146 Å². The quantitative estimate of drug-likeness (QED) is 0.587. The highest BCUT2D eigenvalue weighted by Crippen LogP contribution is 2.27. The third-order valence-corrected chi connectivity index (χ3v) is 5.71. The summed E-state index contributed by atoms with van der Waals surface area (Å²) in [6.45, 7) is 5.27. The van der Waals surface area contributed by atoms with Gasteiger partial charge in [-0.25, -0.2) is 0 Å². The molecule has 2 rings (SSSR count). The lowest BCUT2D eigenvalue weighted by Crippen LogP contribution is -2.40. The highest BCUT2D eigenvalue weighted by molar-refractivity contribution is 14.1. The molecule has 1 saturated carbocycles. The van der Waals surface area contributed by atoms with Crippen LogP contribution in [-0.2, 0) is 0 Å². The molecule has 1 amide bonds. The molecule has 0 saturated heterocycles. The Hall–Kier alpha value is -0.290. The molecule has 0 aliphatic heterocycles. The van der Waals surface area contributed by atoms with Gasteiger partial charge in [-0.05, 0) is 66.0 Å². The second-order valence-electron chi connectivity index (χ2n) is 6.25. The summed E-state index contributed by atoms with van der Waals surface area (Å²) in [5.41, 5.74) is 0.719. The summed E-state index contributed by atoms with van der Waals surface area (Å²) >= 11 is 8.36. The molecule has 1 fully saturated rings. The van der Waals surface area contributed by atoms with Crippen LogP contribution in [0.15, 0.2) is 18.2 Å². The van der Waals surface area contributed by atoms with Crippen LogP contribution < -0.4 is 0 Å². The summed E-state index contributed by atoms with van der Waals surface area (Å²) in [7, 11) is 0. The predicted molar refractivity (Wildman–Crippen MR) is 96.9 cm³/mol. The van der Waals surface area contributed by atoms with E-state index in [2.05, 4.69) is 41.3 Å². The molecule has 1 aromatic carbocycles. The molecule has 2 nitrogen and oxygen atoms in total. The van der Waals surface area contributed by atoms with Crippen molar-refractivity contribution in [3.8, 4) is 0 Å². The fraction of sp³-hybridized carbons (Fsp3) is 0.588. The summed E-state index contributed by atoms with van der Waals surface area (Å²) in [5.74, 6) is 0.753. The van der Waals surface area contributed by atoms with Crippen LogP contribution in [0, 0.1) is 9.49 Å². The van der Waals surface area contributed by atoms with Gasteiger partial charge in [-0.15, -0.1) is 0 Å². The van der Waals surface area contributed by atoms with Crippen LogP contribution >= 0.6 is 34.2 Å². The van der Waals surface area contributed by atoms with Crippen molar-refractivity contribution in [1.82, 2.24) is 4.90 Å². The van der Waals surface area contributed by atoms with Gasteiger partial charge in [0.2, 0.25) is 0 Å². The number of benzene rings is 1. The van der Waals surface area contributed by atoms with E-state index in [1.165, 1.54) is 12.8 Å². The van der Waals surface area contributed by atoms with Gasteiger partial charge in [0.15, 0.2) is 0 Å². The van der Waals surface area contributed by atoms with Crippen molar-refractivity contribution in [3.63, 3.8) is 0 Å². The first-order valence-electron chi connectivity index (χ1n) is 7.75. The Morgan fingerprint density at radius 1 is 1.38 bits per heavy atom. The maximum absolute atomic E-state index is 12.9. The molecule has 0 bridgehead atoms. The number of carbonyl (C=O) groups excluding carboxylic acids is 1. The Balaban J connectivity index is 2.17. The lowest BCUT2D eigenvalue weighted by atomic mass is 10.1. The molecule has 0 spiro atoms. The predicted octanol–water partition coefficient (Wildman–Crippen LogP) is 5.38. The van der Waals surface area contributed by atoms with Crippen molar-refractivity contribution in [2.24, 2.45) is 5.92 Å². The molecule has 1 aliphatic carbocycles. The third kappa shape index (κ3) is 4.59. The second kappa shape index (κ2) is 7.82. The first-order chi connectivity index (χ1) is 9.99. The second-order valence-corrected chi connectivity index (χ2v) is 7.82. The maximum Gasteiger partial charge on any atom is 0.254 e. The van der Waals surface area contributed by atoms with Crippen LogP contribution in [0.3, 0.4) is 0 Å². The monoisotopic (exact) mass is 419 g/mol. The molecule has 0 aromatic heterocycles. The molecule has 0 atom stereocenters. The van der Waals surface area contributed by atoms with Gasteiger partial charge in [0.1, 0.15) is 0 Å². The molecule has 4 heteroatoms. The maximum atomic E-state index is 12.9. The van der Waals surface area contributed by atoms with E-state index in [1.54, 1.807) is 0 Å². The Kier molecular flexibility index (Phi) is 6.35. The first-order valence-corrected chi connectivity index (χ1v) is 9.20. The van der Waals surface area contributed by atoms with Crippen LogP contribution in [0.4, 0.5) is 0 Å². The van der Waals surface area contributed by atoms with Gasteiger partial charge >= 0.3 is 0 Å². The first kappa shape index (κ1) is 17.1. The summed E-state index contributed by atoms with van der Waals surface area (Å²) < 4.78 is 0.986. The zero-order valence-corrected chi connectivity index (χ0v) is 15.7. The fourth-order valence-electron chi connectivity index (χ4n) is 2.86. The largest absolute Gasteiger partial charge is 0.336 e. The molecule has 1 aromatic rings. The zero-order valence-electron chi connectivity index (χ0n) is 12.7. The van der Waals surface area contributed by atoms with Gasteiger partial charge in [0.05, 0.1) is 5.02 Å². The Morgan fingerprint density at radius 3 is 2.62 bits per heavy atom. The molecule has 1 aliphatic rings. The van der Waals surface area contributed by atoms with Gasteiger partial charge in [-0.3, -0.25) is 4.79 Å². The lowest BCUT2D eigenvalue weighted by Gasteiger charge is -2.30. The topological polar surface area (TPSA) is 20.3 Å². The average molecular weight is 420 g/mol. The number of hydrogen-bond donors (Lipinski definition) is 0. The minimum absolute atomic E-state index is 0.140. The summed E-state index contributed by atoms with van der Waals surface area (Å²) in [6.07, 6.45) is 5.82. The molecular weight excluding hydrogens is 397 g/mol. The summed E-state index contributed by atoms with van der Waals surface area (Å²) in [6, 6.07) is 6.04. The highest BCUT2D eigenvalue weighted by Gasteiger charge is 2.27. The number of nitrogens with zero attached hydrogens (tertiary/aromatic N) is 1. The standard InChI is InChI=1S/C17H23ClINO/c1-12(2)9-10-20(14-5-3-4-6-14)17(21)13-7-8-16(19)15(18)11-13/h7-8,11-12,14H,3-6,9-10H2,1-2H3. The van der Waals surface area contributed by atoms with E-state index >= 15 is 0 Å². The van der Waals surface area contributed by atoms with E-state index in [4.69, 9.17) is 11.6 Å². The molecule has 0 radical (unpaired) electrons. The third-order valence-electron chi connectivity index (χ3n) is 4.14. The van der Waals surface area contributed by atoms with E-state index in [9.17, 15) is 4.79 Å². The molecule has 116 valence electrons. The van der Waals surface area contributed by atoms with Crippen molar-refractivity contribution >= 4 is 40.1 Å². The van der Waals surface area contributed by atoms with Crippen LogP contribution in [0.2, 0.25) is 5.02 Å². The molecule has 0 unspecified atom stereocenters. The van der Waals surface area contributed by atoms with Crippen molar-refractivity contribution in [2.75, 3.05) is 6.54 Å². The summed E-state index contributed by atoms with van der Waals surface area (Å²) in [5, 5.41) is 0.664. The minimum Gasteiger partial charge on any atom is -0.336 e. The SMILES string of the molecule is CC(C)CCN(C(=O)c1ccc(I)c(Cl)c1)C1CCCC1. The van der Waals surface area contributed by atoms with Gasteiger partial charge in [0, 0.05) is 21.7 Å². The van der Waals surface area contributed by atoms with Gasteiger partial charge in [-0.1, -0.05) is 38.3 Å². The molecule has 0 heterocycles. The zero-order chi connectivity index (χ0) is 15.4. The average Bonchev–Trinajstić information content (AvgIpc) is 2.95. The number of hydrogen-bond acceptors (Lipinski definition) is 1. The van der Waals surface area contributed by atoms with Gasteiger partial charge < -0.3 is 4.90 Å². The molecule has 0 N–H and O–H groups in total. The highest BCUT2D eigenvalue weighted by atomic mass is 127. The fourth-order valence-corrected chi connectivity index (χ4v) is 3.37. The van der Waals surface area contributed by atoms with E-state index in [-0.39, 0.29) is 5.91 Å². The van der Waals surface area contributed by atoms with Gasteiger partial charge in [-0.2, -0.15) is 0 Å². The normalized spacial score (nSPS) is 15.7. The number of rotatable bonds is 5. The summed E-state index contributed by atoms with van der Waals surface area (Å²) in [4.78, 5) is 15.0. The van der Waals surface area contributed by atoms with Crippen LogP contribution in [0.25, 0.3) is 0 Å². The van der Waals surface area contributed by atoms with E-state index in [0.717, 1.165) is 34.9 Å². The van der Waals surface area contributed by atoms with Crippen molar-refractivity contribution in [1.29, 1.82) is 0 Å². The van der Waals surface area contributed by atoms with E-state index in [1.807, 2.05) is 18.2 Å². The lowest BCUT2D eigenvalue weighted by molar-refractivity contribution is 0.0672. The van der Waals surface area contributed by atoms with Crippen LogP contribution in [0.1, 0.15) is 56.3 Å². The van der Waals surface area contributed by atoms with E-state index < -0.39 is 0 Å². The Morgan fingerprint density at radius 2 is 2.05 bits per heavy atom. The number of halogens is 2. The smallest absolute Gasteiger partial charge is 0.254 e. The van der Waals surface area contributed by atoms with Crippen LogP contribution in [-0.4, -0.2) is 23.4 Å². The number of carbonyl (C=O) groups is 1. The molecule has 21 heavy (non-hydrogen) atoms. The van der Waals surface area contributed by atoms with Crippen molar-refractivity contribution in [3.05, 3.63) is 32.4 Å². The Bertz CT molecular complexity index is 498. The minimum atomic E-state index is 0.140.